The molecule has 1 aliphatic carbocycles. The van der Waals surface area contributed by atoms with Gasteiger partial charge in [0.15, 0.2) is 0 Å². The fraction of sp³-hybridized carbons (Fsp3) is 0.538. The summed E-state index contributed by atoms with van der Waals surface area (Å²) in [7, 11) is -6.71. The molecular weight excluding hydrogens is 312 g/mol. The van der Waals surface area contributed by atoms with Gasteiger partial charge in [-0.3, -0.25) is 0 Å². The molecule has 1 aliphatic rings. The highest BCUT2D eigenvalue weighted by Gasteiger charge is 2.29. The van der Waals surface area contributed by atoms with Crippen molar-refractivity contribution in [2.75, 3.05) is 17.3 Å². The van der Waals surface area contributed by atoms with Crippen LogP contribution in [0.2, 0.25) is 0 Å². The fourth-order valence-electron chi connectivity index (χ4n) is 2.07. The van der Waals surface area contributed by atoms with Gasteiger partial charge in [-0.05, 0) is 31.9 Å². The van der Waals surface area contributed by atoms with Crippen LogP contribution >= 0.6 is 0 Å². The lowest BCUT2D eigenvalue weighted by Gasteiger charge is -2.17. The van der Waals surface area contributed by atoms with Gasteiger partial charge in [-0.1, -0.05) is 12.1 Å². The topological polar surface area (TPSA) is 92.3 Å². The van der Waals surface area contributed by atoms with Crippen molar-refractivity contribution in [1.29, 1.82) is 0 Å². The molecule has 1 aromatic carbocycles. The van der Waals surface area contributed by atoms with Gasteiger partial charge in [0.05, 0.1) is 11.4 Å². The number of hydrogen-bond donors (Lipinski definition) is 2. The van der Waals surface area contributed by atoms with Crippen LogP contribution in [0.1, 0.15) is 19.8 Å². The van der Waals surface area contributed by atoms with Crippen molar-refractivity contribution in [3.63, 3.8) is 0 Å². The molecule has 1 fully saturated rings. The summed E-state index contributed by atoms with van der Waals surface area (Å²) < 4.78 is 49.8. The molecule has 1 aromatic rings. The number of nitrogens with one attached hydrogen (secondary N) is 2. The minimum atomic E-state index is -3.58. The Labute approximate surface area is 125 Å². The van der Waals surface area contributed by atoms with E-state index in [4.69, 9.17) is 0 Å². The van der Waals surface area contributed by atoms with Crippen molar-refractivity contribution < 1.29 is 16.8 Å². The van der Waals surface area contributed by atoms with E-state index in [1.165, 1.54) is 6.07 Å². The number of rotatable bonds is 7. The Morgan fingerprint density at radius 2 is 1.81 bits per heavy atom. The van der Waals surface area contributed by atoms with Crippen molar-refractivity contribution >= 4 is 25.5 Å². The predicted molar refractivity (Wildman–Crippen MR) is 82.6 cm³/mol. The molecule has 1 saturated carbocycles. The average molecular weight is 332 g/mol. The molecule has 0 bridgehead atoms. The van der Waals surface area contributed by atoms with E-state index < -0.39 is 19.9 Å². The van der Waals surface area contributed by atoms with E-state index in [0.717, 1.165) is 19.1 Å². The molecule has 0 aromatic heterocycles. The van der Waals surface area contributed by atoms with Crippen molar-refractivity contribution in [2.24, 2.45) is 0 Å². The summed E-state index contributed by atoms with van der Waals surface area (Å²) in [5.74, 6) is -0.0581. The second kappa shape index (κ2) is 5.94. The molecular formula is C13H20N2O4S2. The first-order valence-corrected chi connectivity index (χ1v) is 10.3. The zero-order valence-corrected chi connectivity index (χ0v) is 13.7. The Kier molecular flexibility index (Phi) is 4.60. The Hall–Kier alpha value is -1.12. The minimum absolute atomic E-state index is 0.0245. The van der Waals surface area contributed by atoms with Gasteiger partial charge in [0.25, 0.3) is 0 Å². The van der Waals surface area contributed by atoms with Crippen LogP contribution in [0.25, 0.3) is 0 Å². The Morgan fingerprint density at radius 3 is 2.38 bits per heavy atom. The van der Waals surface area contributed by atoms with E-state index in [1.807, 2.05) is 0 Å². The molecule has 21 heavy (non-hydrogen) atoms. The van der Waals surface area contributed by atoms with E-state index in [0.29, 0.717) is 5.69 Å². The van der Waals surface area contributed by atoms with Gasteiger partial charge >= 0.3 is 0 Å². The summed E-state index contributed by atoms with van der Waals surface area (Å²) in [6, 6.07) is 6.16. The lowest BCUT2D eigenvalue weighted by Crippen LogP contribution is -2.29. The zero-order valence-electron chi connectivity index (χ0n) is 12.0. The normalized spacial score (nSPS) is 17.4. The summed E-state index contributed by atoms with van der Waals surface area (Å²) in [5.41, 5.74) is 0.418. The number of hydrogen-bond acceptors (Lipinski definition) is 5. The molecule has 2 N–H and O–H groups in total. The average Bonchev–Trinajstić information content (AvgIpc) is 3.10. The van der Waals surface area contributed by atoms with Gasteiger partial charge in [-0.15, -0.1) is 0 Å². The first kappa shape index (κ1) is 16.3. The quantitative estimate of drug-likeness (QED) is 0.776. The van der Waals surface area contributed by atoms with Crippen LogP contribution in [-0.2, 0) is 19.9 Å². The van der Waals surface area contributed by atoms with Gasteiger partial charge in [0.1, 0.15) is 14.7 Å². The minimum Gasteiger partial charge on any atom is -0.380 e. The van der Waals surface area contributed by atoms with Crippen LogP contribution in [0.3, 0.4) is 0 Å². The molecule has 1 atom stereocenters. The maximum Gasteiger partial charge on any atom is 0.242 e. The van der Waals surface area contributed by atoms with E-state index in [-0.39, 0.29) is 22.7 Å². The highest BCUT2D eigenvalue weighted by atomic mass is 32.2. The Balaban J connectivity index is 2.20. The summed E-state index contributed by atoms with van der Waals surface area (Å²) in [6.45, 7) is 1.71. The molecule has 0 spiro atoms. The number of sulfone groups is 1. The van der Waals surface area contributed by atoms with Crippen molar-refractivity contribution in [3.05, 3.63) is 24.3 Å². The zero-order chi connectivity index (χ0) is 15.7. The highest BCUT2D eigenvalue weighted by Crippen LogP contribution is 2.26. The summed E-state index contributed by atoms with van der Waals surface area (Å²) >= 11 is 0. The summed E-state index contributed by atoms with van der Waals surface area (Å²) in [4.78, 5) is 0.150. The molecule has 0 saturated heterocycles. The Morgan fingerprint density at radius 1 is 1.19 bits per heavy atom. The highest BCUT2D eigenvalue weighted by molar-refractivity contribution is 7.90. The van der Waals surface area contributed by atoms with Crippen LogP contribution in [0, 0.1) is 0 Å². The lowest BCUT2D eigenvalue weighted by atomic mass is 10.3. The van der Waals surface area contributed by atoms with E-state index in [1.54, 1.807) is 25.1 Å². The fourth-order valence-corrected chi connectivity index (χ4v) is 4.53. The van der Waals surface area contributed by atoms with Gasteiger partial charge in [-0.25, -0.2) is 21.6 Å². The number of para-hydroxylation sites is 1. The van der Waals surface area contributed by atoms with E-state index in [2.05, 4.69) is 10.0 Å². The number of benzene rings is 1. The van der Waals surface area contributed by atoms with Crippen LogP contribution in [0.4, 0.5) is 5.69 Å². The lowest BCUT2D eigenvalue weighted by molar-refractivity contribution is 0.581. The molecule has 2 rings (SSSR count). The van der Waals surface area contributed by atoms with Gasteiger partial charge in [0, 0.05) is 18.3 Å². The van der Waals surface area contributed by atoms with Gasteiger partial charge in [-0.2, -0.15) is 0 Å². The first-order chi connectivity index (χ1) is 9.67. The first-order valence-electron chi connectivity index (χ1n) is 6.73. The second-order valence-electron chi connectivity index (χ2n) is 5.53. The van der Waals surface area contributed by atoms with Gasteiger partial charge in [0.2, 0.25) is 10.0 Å². The number of sulfonamides is 1. The van der Waals surface area contributed by atoms with Crippen molar-refractivity contribution in [3.8, 4) is 0 Å². The van der Waals surface area contributed by atoms with Crippen molar-refractivity contribution in [2.45, 2.75) is 36.7 Å². The van der Waals surface area contributed by atoms with Crippen LogP contribution < -0.4 is 10.0 Å². The molecule has 8 heteroatoms. The second-order valence-corrected chi connectivity index (χ2v) is 9.40. The predicted octanol–water partition coefficient (Wildman–Crippen LogP) is 0.972. The third kappa shape index (κ3) is 4.98. The standard InChI is InChI=1S/C13H20N2O4S2/c1-10(9-20(2,16)17)14-12-5-3-4-6-13(12)21(18,19)15-11-7-8-11/h3-6,10-11,14-15H,7-9H2,1-2H3. The van der Waals surface area contributed by atoms with Crippen LogP contribution in [0.15, 0.2) is 29.2 Å². The third-order valence-electron chi connectivity index (χ3n) is 3.03. The summed E-state index contributed by atoms with van der Waals surface area (Å²) in [6.07, 6.45) is 2.88. The molecule has 0 heterocycles. The maximum atomic E-state index is 12.3. The van der Waals surface area contributed by atoms with Crippen LogP contribution in [0.5, 0.6) is 0 Å². The Bertz CT molecular complexity index is 709. The molecule has 6 nitrogen and oxygen atoms in total. The van der Waals surface area contributed by atoms with E-state index >= 15 is 0 Å². The molecule has 1 unspecified atom stereocenters. The molecule has 118 valence electrons. The van der Waals surface area contributed by atoms with Crippen molar-refractivity contribution in [1.82, 2.24) is 4.72 Å². The SMILES string of the molecule is CC(CS(C)(=O)=O)Nc1ccccc1S(=O)(=O)NC1CC1. The van der Waals surface area contributed by atoms with Crippen LogP contribution in [-0.4, -0.2) is 40.9 Å². The maximum absolute atomic E-state index is 12.3. The summed E-state index contributed by atoms with van der Waals surface area (Å²) in [5, 5.41) is 2.97. The largest absolute Gasteiger partial charge is 0.380 e. The molecule has 0 radical (unpaired) electrons. The molecule has 0 aliphatic heterocycles. The number of anilines is 1. The monoisotopic (exact) mass is 332 g/mol. The smallest absolute Gasteiger partial charge is 0.242 e. The third-order valence-corrected chi connectivity index (χ3v) is 5.71. The van der Waals surface area contributed by atoms with Gasteiger partial charge < -0.3 is 5.32 Å². The van der Waals surface area contributed by atoms with E-state index in [9.17, 15) is 16.8 Å². The molecule has 0 amide bonds.